The van der Waals surface area contributed by atoms with Gasteiger partial charge in [0.2, 0.25) is 0 Å². The van der Waals surface area contributed by atoms with Crippen molar-refractivity contribution in [1.82, 2.24) is 29.1 Å². The number of rotatable bonds is 8. The molecule has 13 aromatic carbocycles. The first-order valence-corrected chi connectivity index (χ1v) is 34.6. The molecule has 0 aliphatic rings. The number of nitrogens with zero attached hydrogens (tertiary/aromatic N) is 6. The minimum atomic E-state index is 0.664. The van der Waals surface area contributed by atoms with E-state index in [9.17, 15) is 0 Å². The van der Waals surface area contributed by atoms with Gasteiger partial charge in [-0.3, -0.25) is 0 Å². The van der Waals surface area contributed by atoms with Crippen molar-refractivity contribution in [1.29, 1.82) is 0 Å². The summed E-state index contributed by atoms with van der Waals surface area (Å²) in [6.07, 6.45) is 0. The summed E-state index contributed by atoms with van der Waals surface area (Å²) in [4.78, 5) is 22.4. The van der Waals surface area contributed by atoms with E-state index in [-0.39, 0.29) is 0 Å². The number of furan rings is 1. The summed E-state index contributed by atoms with van der Waals surface area (Å²) >= 11 is 5.36. The third-order valence-electron chi connectivity index (χ3n) is 19.4. The van der Waals surface area contributed by atoms with Crippen LogP contribution in [-0.4, -0.2) is 29.1 Å². The zero-order valence-corrected chi connectivity index (χ0v) is 53.5. The van der Waals surface area contributed by atoms with Crippen LogP contribution >= 0.6 is 34.0 Å². The summed E-state index contributed by atoms with van der Waals surface area (Å²) in [7, 11) is 0. The maximum Gasteiger partial charge on any atom is 0.161 e. The Hall–Kier alpha value is -11.9. The highest BCUT2D eigenvalue weighted by molar-refractivity contribution is 7.27. The molecule has 0 unspecified atom stereocenters. The monoisotopic (exact) mass is 1280 g/mol. The summed E-state index contributed by atoms with van der Waals surface area (Å²) < 4.78 is 18.5. The largest absolute Gasteiger partial charge is 0.455 e. The molecule has 0 radical (unpaired) electrons. The van der Waals surface area contributed by atoms with Crippen LogP contribution in [0.4, 0.5) is 0 Å². The molecular formula is C86H48N6OS3. The standard InChI is InChI=1S/C86H48N6OS3/c1-3-21-54(22-4-1)91-69-43-40-51(46-66(69)67-47-53(41-44-70(67)91)85-87-77-61-28-10-14-38-74(61)95-84(77)80(88-85)65-33-17-30-59-57-26-9-13-37-73(57)94-82(59)65)49-19-15-20-50(45-49)52-39-42-62-75(48-52)96-83-78(62)89-86(90-79(83)64-32-16-29-58-56-25-8-12-36-72(56)93-81(58)64)63-31-18-35-71-76(63)60-27-7-11-34-68(60)92(71)55-23-5-2-6-24-55/h1-48H. The van der Waals surface area contributed by atoms with Gasteiger partial charge in [0.05, 0.1) is 53.9 Å². The van der Waals surface area contributed by atoms with Gasteiger partial charge in [-0.2, -0.15) is 0 Å². The first-order chi connectivity index (χ1) is 47.6. The number of thiophene rings is 3. The zero-order valence-electron chi connectivity index (χ0n) is 51.0. The maximum atomic E-state index is 6.79. The first-order valence-electron chi connectivity index (χ1n) is 32.2. The molecule has 0 fully saturated rings. The maximum absolute atomic E-state index is 6.79. The van der Waals surface area contributed by atoms with Gasteiger partial charge in [-0.1, -0.05) is 188 Å². The Morgan fingerprint density at radius 1 is 0.271 bits per heavy atom. The molecule has 446 valence electrons. The van der Waals surface area contributed by atoms with E-state index in [4.69, 9.17) is 24.4 Å². The summed E-state index contributed by atoms with van der Waals surface area (Å²) in [6.45, 7) is 0. The van der Waals surface area contributed by atoms with Gasteiger partial charge in [-0.25, -0.2) is 19.9 Å². The SMILES string of the molecule is c1ccc(-n2c3ccc(-c4cccc(-c5ccc6c(c5)sc5c(-c7cccc8c7oc7ccccc78)nc(-c7cccc8c7c7ccccc7n8-c7ccccc7)nc56)c4)cc3c3cc(-c4nc(-c5cccc6c5sc5ccccc56)c5sc6ccccc6c5n4)ccc32)cc1. The quantitative estimate of drug-likeness (QED) is 0.152. The number of hydrogen-bond donors (Lipinski definition) is 0. The molecule has 0 bridgehead atoms. The molecule has 96 heavy (non-hydrogen) atoms. The van der Waals surface area contributed by atoms with Crippen LogP contribution in [0.3, 0.4) is 0 Å². The number of hydrogen-bond acceptors (Lipinski definition) is 8. The van der Waals surface area contributed by atoms with E-state index in [0.717, 1.165) is 169 Å². The number of fused-ring (bicyclic) bond motifs is 18. The van der Waals surface area contributed by atoms with E-state index in [1.54, 1.807) is 22.7 Å². The molecule has 0 amide bonds. The highest BCUT2D eigenvalue weighted by atomic mass is 32.1. The molecule has 0 saturated heterocycles. The number of para-hydroxylation sites is 5. The van der Waals surface area contributed by atoms with Crippen LogP contribution in [-0.2, 0) is 0 Å². The molecule has 0 saturated carbocycles. The average Bonchev–Trinajstić information content (AvgIpc) is 1.56. The predicted octanol–water partition coefficient (Wildman–Crippen LogP) is 24.5. The molecular weight excluding hydrogens is 1230 g/mol. The summed E-state index contributed by atoms with van der Waals surface area (Å²) in [5, 5.41) is 11.4. The topological polar surface area (TPSA) is 74.6 Å². The lowest BCUT2D eigenvalue weighted by atomic mass is 9.97. The fourth-order valence-corrected chi connectivity index (χ4v) is 18.6. The second kappa shape index (κ2) is 20.8. The Morgan fingerprint density at radius 3 is 1.54 bits per heavy atom. The highest BCUT2D eigenvalue weighted by Gasteiger charge is 2.26. The molecule has 0 atom stereocenters. The molecule has 7 nitrogen and oxygen atoms in total. The van der Waals surface area contributed by atoms with Gasteiger partial charge in [0.1, 0.15) is 11.2 Å². The van der Waals surface area contributed by atoms with Crippen molar-refractivity contribution in [2.45, 2.75) is 0 Å². The van der Waals surface area contributed by atoms with E-state index in [1.165, 1.54) is 24.9 Å². The Labute approximate surface area is 560 Å². The normalized spacial score (nSPS) is 12.2. The molecule has 0 N–H and O–H groups in total. The van der Waals surface area contributed by atoms with Gasteiger partial charge in [-0.15, -0.1) is 34.0 Å². The molecule has 21 aromatic rings. The minimum absolute atomic E-state index is 0.664. The Bertz CT molecular complexity index is 6850. The third kappa shape index (κ3) is 8.04. The molecule has 0 spiro atoms. The molecule has 21 rings (SSSR count). The van der Waals surface area contributed by atoms with Gasteiger partial charge in [0.15, 0.2) is 11.6 Å². The Balaban J connectivity index is 0.715. The van der Waals surface area contributed by atoms with Crippen LogP contribution < -0.4 is 0 Å². The lowest BCUT2D eigenvalue weighted by molar-refractivity contribution is 0.670. The van der Waals surface area contributed by atoms with E-state index >= 15 is 0 Å². The zero-order chi connectivity index (χ0) is 62.7. The van der Waals surface area contributed by atoms with E-state index < -0.39 is 0 Å². The van der Waals surface area contributed by atoms with Crippen molar-refractivity contribution >= 4 is 160 Å². The van der Waals surface area contributed by atoms with Crippen molar-refractivity contribution in [3.05, 3.63) is 291 Å². The molecule has 8 aromatic heterocycles. The fraction of sp³-hybridized carbons (Fsp3) is 0. The van der Waals surface area contributed by atoms with Crippen LogP contribution in [0, 0.1) is 0 Å². The molecule has 8 heterocycles. The first kappa shape index (κ1) is 53.6. The molecule has 0 aliphatic carbocycles. The van der Waals surface area contributed by atoms with Gasteiger partial charge < -0.3 is 13.6 Å². The average molecular weight is 1280 g/mol. The van der Waals surface area contributed by atoms with Gasteiger partial charge >= 0.3 is 0 Å². The van der Waals surface area contributed by atoms with Crippen molar-refractivity contribution < 1.29 is 4.42 Å². The smallest absolute Gasteiger partial charge is 0.161 e. The second-order valence-corrected chi connectivity index (χ2v) is 27.9. The lowest BCUT2D eigenvalue weighted by Crippen LogP contribution is -1.95. The van der Waals surface area contributed by atoms with Crippen LogP contribution in [0.1, 0.15) is 0 Å². The van der Waals surface area contributed by atoms with Crippen molar-refractivity contribution in [3.63, 3.8) is 0 Å². The van der Waals surface area contributed by atoms with Crippen LogP contribution in [0.25, 0.3) is 205 Å². The van der Waals surface area contributed by atoms with Crippen molar-refractivity contribution in [2.24, 2.45) is 0 Å². The summed E-state index contributed by atoms with van der Waals surface area (Å²) in [6, 6.07) is 105. The van der Waals surface area contributed by atoms with Crippen LogP contribution in [0.5, 0.6) is 0 Å². The third-order valence-corrected chi connectivity index (χ3v) is 22.9. The minimum Gasteiger partial charge on any atom is -0.455 e. The van der Waals surface area contributed by atoms with Gasteiger partial charge in [-0.05, 0) is 125 Å². The second-order valence-electron chi connectivity index (χ2n) is 24.7. The highest BCUT2D eigenvalue weighted by Crippen LogP contribution is 2.49. The van der Waals surface area contributed by atoms with Crippen molar-refractivity contribution in [3.8, 4) is 78.9 Å². The summed E-state index contributed by atoms with van der Waals surface area (Å²) in [5.74, 6) is 1.37. The Kier molecular flexibility index (Phi) is 11.6. The van der Waals surface area contributed by atoms with E-state index in [0.29, 0.717) is 11.6 Å². The lowest BCUT2D eigenvalue weighted by Gasteiger charge is -2.10. The molecule has 10 heteroatoms. The number of aromatic nitrogens is 6. The summed E-state index contributed by atoms with van der Waals surface area (Å²) in [5.41, 5.74) is 20.5. The van der Waals surface area contributed by atoms with Crippen LogP contribution in [0.15, 0.2) is 296 Å². The van der Waals surface area contributed by atoms with E-state index in [1.807, 2.05) is 23.5 Å². The number of benzene rings is 13. The van der Waals surface area contributed by atoms with Crippen molar-refractivity contribution in [2.75, 3.05) is 0 Å². The van der Waals surface area contributed by atoms with E-state index in [2.05, 4.69) is 288 Å². The van der Waals surface area contributed by atoms with Gasteiger partial charge in [0, 0.05) is 106 Å². The fourth-order valence-electron chi connectivity index (χ4n) is 15.0. The van der Waals surface area contributed by atoms with Crippen LogP contribution in [0.2, 0.25) is 0 Å². The Morgan fingerprint density at radius 2 is 0.760 bits per heavy atom. The molecule has 0 aliphatic heterocycles. The van der Waals surface area contributed by atoms with Gasteiger partial charge in [0.25, 0.3) is 0 Å². The predicted molar refractivity (Wildman–Crippen MR) is 405 cm³/mol.